The van der Waals surface area contributed by atoms with Gasteiger partial charge in [-0.3, -0.25) is 10.1 Å². The summed E-state index contributed by atoms with van der Waals surface area (Å²) in [6.45, 7) is 1.10. The molecular formula is C24H21F2N5OS. The number of hydrogen-bond acceptors (Lipinski definition) is 5. The predicted octanol–water partition coefficient (Wildman–Crippen LogP) is 5.26. The van der Waals surface area contributed by atoms with Gasteiger partial charge in [0.15, 0.2) is 5.13 Å². The van der Waals surface area contributed by atoms with E-state index in [1.165, 1.54) is 34.4 Å². The average Bonchev–Trinajstić information content (AvgIpc) is 3.54. The van der Waals surface area contributed by atoms with Crippen molar-refractivity contribution in [2.75, 3.05) is 16.8 Å². The first kappa shape index (κ1) is 21.3. The molecule has 0 saturated carbocycles. The molecule has 1 amide bonds. The van der Waals surface area contributed by atoms with Crippen molar-refractivity contribution in [3.05, 3.63) is 95.0 Å². The van der Waals surface area contributed by atoms with Crippen LogP contribution >= 0.6 is 11.3 Å². The quantitative estimate of drug-likeness (QED) is 0.395. The number of anilines is 2. The number of nitrogens with zero attached hydrogens (tertiary/aromatic N) is 4. The molecule has 1 aliphatic rings. The number of rotatable bonds is 6. The van der Waals surface area contributed by atoms with Crippen LogP contribution in [0.3, 0.4) is 0 Å². The molecule has 1 N–H and O–H groups in total. The molecule has 1 aliphatic heterocycles. The topological polar surface area (TPSA) is 63.1 Å². The first-order chi connectivity index (χ1) is 16.1. The van der Waals surface area contributed by atoms with Crippen LogP contribution in [0.1, 0.15) is 40.6 Å². The van der Waals surface area contributed by atoms with Gasteiger partial charge in [0.25, 0.3) is 5.91 Å². The molecule has 168 valence electrons. The highest BCUT2D eigenvalue weighted by Crippen LogP contribution is 2.37. The van der Waals surface area contributed by atoms with E-state index in [4.69, 9.17) is 0 Å². The van der Waals surface area contributed by atoms with E-state index in [1.54, 1.807) is 6.07 Å². The number of para-hydroxylation sites is 1. The summed E-state index contributed by atoms with van der Waals surface area (Å²) in [5.74, 6) is -1.64. The van der Waals surface area contributed by atoms with Crippen LogP contribution in [-0.4, -0.2) is 27.0 Å². The summed E-state index contributed by atoms with van der Waals surface area (Å²) < 4.78 is 28.8. The van der Waals surface area contributed by atoms with Gasteiger partial charge < -0.3 is 9.47 Å². The number of hydrogen-bond donors (Lipinski definition) is 1. The van der Waals surface area contributed by atoms with Crippen LogP contribution in [0.25, 0.3) is 0 Å². The molecule has 1 fully saturated rings. The average molecular weight is 466 g/mol. The predicted molar refractivity (Wildman–Crippen MR) is 124 cm³/mol. The molecule has 0 spiro atoms. The minimum atomic E-state index is -0.627. The minimum absolute atomic E-state index is 0.133. The van der Waals surface area contributed by atoms with Crippen LogP contribution in [0.2, 0.25) is 0 Å². The molecule has 33 heavy (non-hydrogen) atoms. The van der Waals surface area contributed by atoms with E-state index in [0.717, 1.165) is 36.8 Å². The monoisotopic (exact) mass is 465 g/mol. The maximum atomic E-state index is 14.0. The highest BCUT2D eigenvalue weighted by molar-refractivity contribution is 7.14. The highest BCUT2D eigenvalue weighted by Gasteiger charge is 2.28. The second kappa shape index (κ2) is 9.11. The van der Waals surface area contributed by atoms with Crippen LogP contribution in [0.15, 0.2) is 66.3 Å². The number of thiazole rings is 1. The largest absolute Gasteiger partial charge is 0.363 e. The molecule has 1 atom stereocenters. The van der Waals surface area contributed by atoms with Gasteiger partial charge in [-0.25, -0.2) is 14.4 Å². The Morgan fingerprint density at radius 2 is 2.03 bits per heavy atom. The van der Waals surface area contributed by atoms with E-state index in [9.17, 15) is 13.6 Å². The van der Waals surface area contributed by atoms with Gasteiger partial charge in [-0.05, 0) is 42.7 Å². The van der Waals surface area contributed by atoms with Crippen LogP contribution < -0.4 is 10.2 Å². The molecule has 4 aromatic rings. The van der Waals surface area contributed by atoms with Gasteiger partial charge in [-0.1, -0.05) is 18.2 Å². The Morgan fingerprint density at radius 1 is 1.18 bits per heavy atom. The molecule has 0 aliphatic carbocycles. The maximum Gasteiger partial charge on any atom is 0.274 e. The lowest BCUT2D eigenvalue weighted by atomic mass is 10.1. The van der Waals surface area contributed by atoms with E-state index in [2.05, 4.69) is 32.3 Å². The SMILES string of the molecule is O=C(Nc1nc([C@H]2CCCN2c2ccccc2)cs1)c1cc(F)cn1Cc1ccnc(F)c1. The van der Waals surface area contributed by atoms with E-state index < -0.39 is 17.7 Å². The minimum Gasteiger partial charge on any atom is -0.363 e. The number of aromatic nitrogens is 3. The van der Waals surface area contributed by atoms with Gasteiger partial charge in [-0.15, -0.1) is 11.3 Å². The van der Waals surface area contributed by atoms with Crippen molar-refractivity contribution in [2.24, 2.45) is 0 Å². The third kappa shape index (κ3) is 4.63. The summed E-state index contributed by atoms with van der Waals surface area (Å²) in [6, 6.07) is 14.4. The Hall–Kier alpha value is -3.59. The lowest BCUT2D eigenvalue weighted by Crippen LogP contribution is -2.22. The van der Waals surface area contributed by atoms with Gasteiger partial charge in [0, 0.05) is 42.6 Å². The van der Waals surface area contributed by atoms with E-state index >= 15 is 0 Å². The fourth-order valence-corrected chi connectivity index (χ4v) is 4.95. The fraction of sp³-hybridized carbons (Fsp3) is 0.208. The Kier molecular flexibility index (Phi) is 5.87. The van der Waals surface area contributed by atoms with Crippen molar-refractivity contribution < 1.29 is 13.6 Å². The summed E-state index contributed by atoms with van der Waals surface area (Å²) >= 11 is 1.34. The molecule has 0 bridgehead atoms. The zero-order valence-electron chi connectivity index (χ0n) is 17.6. The molecule has 1 saturated heterocycles. The van der Waals surface area contributed by atoms with E-state index in [0.29, 0.717) is 10.7 Å². The number of halogens is 2. The smallest absolute Gasteiger partial charge is 0.274 e. The van der Waals surface area contributed by atoms with Gasteiger partial charge in [0.2, 0.25) is 5.95 Å². The van der Waals surface area contributed by atoms with Crippen molar-refractivity contribution in [2.45, 2.75) is 25.4 Å². The zero-order chi connectivity index (χ0) is 22.8. The molecule has 4 heterocycles. The van der Waals surface area contributed by atoms with Crippen molar-refractivity contribution in [1.29, 1.82) is 0 Å². The summed E-state index contributed by atoms with van der Waals surface area (Å²) in [6.07, 6.45) is 4.61. The van der Waals surface area contributed by atoms with E-state index in [-0.39, 0.29) is 18.3 Å². The number of nitrogens with one attached hydrogen (secondary N) is 1. The maximum absolute atomic E-state index is 14.0. The molecule has 0 unspecified atom stereocenters. The van der Waals surface area contributed by atoms with Crippen molar-refractivity contribution in [1.82, 2.24) is 14.5 Å². The molecule has 0 radical (unpaired) electrons. The lowest BCUT2D eigenvalue weighted by Gasteiger charge is -2.25. The fourth-order valence-electron chi connectivity index (χ4n) is 4.19. The van der Waals surface area contributed by atoms with Crippen LogP contribution in [0.5, 0.6) is 0 Å². The molecule has 9 heteroatoms. The molecular weight excluding hydrogens is 444 g/mol. The molecule has 3 aromatic heterocycles. The Morgan fingerprint density at radius 3 is 2.85 bits per heavy atom. The lowest BCUT2D eigenvalue weighted by molar-refractivity contribution is 0.101. The highest BCUT2D eigenvalue weighted by atomic mass is 32.1. The van der Waals surface area contributed by atoms with Gasteiger partial charge in [0.1, 0.15) is 11.5 Å². The van der Waals surface area contributed by atoms with E-state index in [1.807, 2.05) is 23.6 Å². The second-order valence-corrected chi connectivity index (χ2v) is 8.73. The Labute approximate surface area is 193 Å². The Bertz CT molecular complexity index is 1270. The number of amides is 1. The summed E-state index contributed by atoms with van der Waals surface area (Å²) in [4.78, 5) is 23.4. The van der Waals surface area contributed by atoms with Crippen LogP contribution in [-0.2, 0) is 6.54 Å². The third-order valence-corrected chi connectivity index (χ3v) is 6.44. The standard InChI is InChI=1S/C24H21F2N5OS/c25-17-12-21(30(14-17)13-16-8-9-27-22(26)11-16)23(32)29-24-28-19(15-33-24)20-7-4-10-31(20)18-5-2-1-3-6-18/h1-3,5-6,8-9,11-12,14-15,20H,4,7,10,13H2,(H,28,29,32)/t20-/m1/s1. The van der Waals surface area contributed by atoms with Crippen molar-refractivity contribution in [3.63, 3.8) is 0 Å². The second-order valence-electron chi connectivity index (χ2n) is 7.88. The van der Waals surface area contributed by atoms with Gasteiger partial charge in [0.05, 0.1) is 11.7 Å². The molecule has 5 rings (SSSR count). The number of benzene rings is 1. The first-order valence-corrected chi connectivity index (χ1v) is 11.5. The normalized spacial score (nSPS) is 15.7. The summed E-state index contributed by atoms with van der Waals surface area (Å²) in [5, 5.41) is 5.20. The van der Waals surface area contributed by atoms with Crippen LogP contribution in [0.4, 0.5) is 19.6 Å². The van der Waals surface area contributed by atoms with Gasteiger partial charge in [-0.2, -0.15) is 4.39 Å². The van der Waals surface area contributed by atoms with Crippen LogP contribution in [0, 0.1) is 11.8 Å². The molecule has 6 nitrogen and oxygen atoms in total. The molecule has 1 aromatic carbocycles. The van der Waals surface area contributed by atoms with Crippen molar-refractivity contribution >= 4 is 28.1 Å². The summed E-state index contributed by atoms with van der Waals surface area (Å²) in [7, 11) is 0. The first-order valence-electron chi connectivity index (χ1n) is 10.6. The number of pyridine rings is 1. The number of carbonyl (C=O) groups excluding carboxylic acids is 1. The Balaban J connectivity index is 1.32. The summed E-state index contributed by atoms with van der Waals surface area (Å²) in [5.41, 5.74) is 2.77. The van der Waals surface area contributed by atoms with Crippen molar-refractivity contribution in [3.8, 4) is 0 Å². The zero-order valence-corrected chi connectivity index (χ0v) is 18.4. The van der Waals surface area contributed by atoms with Gasteiger partial charge >= 0.3 is 0 Å². The number of carbonyl (C=O) groups is 1. The third-order valence-electron chi connectivity index (χ3n) is 5.66.